The van der Waals surface area contributed by atoms with Crippen LogP contribution in [0.1, 0.15) is 31.2 Å². The monoisotopic (exact) mass is 366 g/mol. The normalized spacial score (nSPS) is 23.1. The van der Waals surface area contributed by atoms with E-state index in [0.29, 0.717) is 22.6 Å². The van der Waals surface area contributed by atoms with E-state index in [9.17, 15) is 13.2 Å². The number of alkyl halides is 3. The molecular formula is C14H18BrF3N2O. The first-order valence-corrected chi connectivity index (χ1v) is 7.66. The third kappa shape index (κ3) is 5.48. The van der Waals surface area contributed by atoms with Crippen molar-refractivity contribution in [1.82, 2.24) is 5.32 Å². The molecule has 0 spiro atoms. The second-order valence-electron chi connectivity index (χ2n) is 5.29. The fourth-order valence-electron chi connectivity index (χ4n) is 2.47. The highest BCUT2D eigenvalue weighted by molar-refractivity contribution is 9.10. The molecule has 21 heavy (non-hydrogen) atoms. The molecule has 0 unspecified atom stereocenters. The van der Waals surface area contributed by atoms with Gasteiger partial charge in [-0.2, -0.15) is 0 Å². The number of benzene rings is 1. The van der Waals surface area contributed by atoms with Crippen molar-refractivity contribution in [2.24, 2.45) is 5.73 Å². The molecule has 1 aromatic carbocycles. The van der Waals surface area contributed by atoms with Crippen LogP contribution in [-0.2, 0) is 6.54 Å². The smallest absolute Gasteiger partial charge is 0.405 e. The quantitative estimate of drug-likeness (QED) is 0.853. The van der Waals surface area contributed by atoms with Crippen LogP contribution in [0, 0.1) is 0 Å². The Kier molecular flexibility index (Phi) is 5.51. The zero-order valence-corrected chi connectivity index (χ0v) is 13.0. The van der Waals surface area contributed by atoms with E-state index < -0.39 is 6.36 Å². The summed E-state index contributed by atoms with van der Waals surface area (Å²) in [6.07, 6.45) is -0.888. The number of hydrogen-bond acceptors (Lipinski definition) is 3. The molecule has 118 valence electrons. The lowest BCUT2D eigenvalue weighted by Gasteiger charge is -2.27. The highest BCUT2D eigenvalue weighted by Crippen LogP contribution is 2.29. The maximum atomic E-state index is 12.4. The molecule has 0 aliphatic heterocycles. The van der Waals surface area contributed by atoms with Crippen LogP contribution in [0.4, 0.5) is 13.2 Å². The van der Waals surface area contributed by atoms with Gasteiger partial charge >= 0.3 is 6.36 Å². The van der Waals surface area contributed by atoms with Crippen molar-refractivity contribution in [2.75, 3.05) is 0 Å². The summed E-state index contributed by atoms with van der Waals surface area (Å²) in [6, 6.07) is 5.22. The van der Waals surface area contributed by atoms with E-state index in [0.717, 1.165) is 25.7 Å². The maximum absolute atomic E-state index is 12.4. The summed E-state index contributed by atoms with van der Waals surface area (Å²) in [5.41, 5.74) is 6.33. The second-order valence-corrected chi connectivity index (χ2v) is 6.21. The topological polar surface area (TPSA) is 47.3 Å². The van der Waals surface area contributed by atoms with Crippen molar-refractivity contribution in [3.8, 4) is 5.75 Å². The average Bonchev–Trinajstić information content (AvgIpc) is 2.38. The average molecular weight is 367 g/mol. The first-order valence-electron chi connectivity index (χ1n) is 6.86. The molecule has 0 bridgehead atoms. The molecule has 0 heterocycles. The van der Waals surface area contributed by atoms with Crippen molar-refractivity contribution in [3.63, 3.8) is 0 Å². The summed E-state index contributed by atoms with van der Waals surface area (Å²) >= 11 is 3.16. The molecule has 0 radical (unpaired) electrons. The Labute approximate surface area is 130 Å². The summed E-state index contributed by atoms with van der Waals surface area (Å²) in [6.45, 7) is 0.346. The van der Waals surface area contributed by atoms with Crippen LogP contribution in [0.3, 0.4) is 0 Å². The maximum Gasteiger partial charge on any atom is 0.573 e. The lowest BCUT2D eigenvalue weighted by Crippen LogP contribution is -2.37. The van der Waals surface area contributed by atoms with Gasteiger partial charge in [0.05, 0.1) is 0 Å². The molecule has 1 fully saturated rings. The Bertz CT molecular complexity index is 474. The number of nitrogens with one attached hydrogen (secondary N) is 1. The standard InChI is InChI=1S/C14H18BrF3N2O/c15-10-2-1-9(13(7-10)21-14(16,17)18)8-20-12-5-3-11(19)4-6-12/h1-2,7,11-12,20H,3-6,8,19H2/t11-,12+. The molecule has 1 aliphatic rings. The second kappa shape index (κ2) is 6.98. The SMILES string of the molecule is N[C@H]1CC[C@@H](NCc2ccc(Br)cc2OC(F)(F)F)CC1. The van der Waals surface area contributed by atoms with E-state index in [-0.39, 0.29) is 11.8 Å². The minimum absolute atomic E-state index is 0.170. The van der Waals surface area contributed by atoms with Crippen LogP contribution in [0.5, 0.6) is 5.75 Å². The van der Waals surface area contributed by atoms with Crippen LogP contribution in [0.2, 0.25) is 0 Å². The first kappa shape index (κ1) is 16.6. The highest BCUT2D eigenvalue weighted by Gasteiger charge is 2.32. The molecule has 1 aromatic rings. The molecule has 2 rings (SSSR count). The molecule has 1 saturated carbocycles. The molecule has 0 saturated heterocycles. The van der Waals surface area contributed by atoms with Crippen LogP contribution in [0.25, 0.3) is 0 Å². The van der Waals surface area contributed by atoms with Crippen LogP contribution < -0.4 is 15.8 Å². The minimum atomic E-state index is -4.69. The van der Waals surface area contributed by atoms with Gasteiger partial charge in [-0.05, 0) is 37.8 Å². The molecule has 1 aliphatic carbocycles. The predicted molar refractivity (Wildman–Crippen MR) is 77.9 cm³/mol. The molecule has 0 aromatic heterocycles. The largest absolute Gasteiger partial charge is 0.573 e. The summed E-state index contributed by atoms with van der Waals surface area (Å²) in [7, 11) is 0. The van der Waals surface area contributed by atoms with Crippen LogP contribution in [-0.4, -0.2) is 18.4 Å². The van der Waals surface area contributed by atoms with E-state index in [1.54, 1.807) is 12.1 Å². The number of halogens is 4. The highest BCUT2D eigenvalue weighted by atomic mass is 79.9. The van der Waals surface area contributed by atoms with Gasteiger partial charge in [-0.1, -0.05) is 22.0 Å². The van der Waals surface area contributed by atoms with Gasteiger partial charge in [-0.15, -0.1) is 13.2 Å². The van der Waals surface area contributed by atoms with E-state index in [4.69, 9.17) is 5.73 Å². The Morgan fingerprint density at radius 1 is 1.24 bits per heavy atom. The number of ether oxygens (including phenoxy) is 1. The molecule has 0 amide bonds. The fraction of sp³-hybridized carbons (Fsp3) is 0.571. The Morgan fingerprint density at radius 3 is 2.52 bits per heavy atom. The summed E-state index contributed by atoms with van der Waals surface area (Å²) < 4.78 is 41.9. The van der Waals surface area contributed by atoms with Gasteiger partial charge in [-0.25, -0.2) is 0 Å². The van der Waals surface area contributed by atoms with Crippen molar-refractivity contribution in [2.45, 2.75) is 50.7 Å². The van der Waals surface area contributed by atoms with Crippen molar-refractivity contribution in [3.05, 3.63) is 28.2 Å². The van der Waals surface area contributed by atoms with E-state index in [1.165, 1.54) is 6.07 Å². The third-order valence-corrected chi connectivity index (χ3v) is 4.10. The van der Waals surface area contributed by atoms with Gasteiger partial charge in [0.25, 0.3) is 0 Å². The molecule has 3 N–H and O–H groups in total. The van der Waals surface area contributed by atoms with Crippen molar-refractivity contribution >= 4 is 15.9 Å². The van der Waals surface area contributed by atoms with Crippen LogP contribution in [0.15, 0.2) is 22.7 Å². The molecule has 3 nitrogen and oxygen atoms in total. The Balaban J connectivity index is 1.99. The number of rotatable bonds is 4. The lowest BCUT2D eigenvalue weighted by molar-refractivity contribution is -0.274. The number of hydrogen-bond donors (Lipinski definition) is 2. The van der Waals surface area contributed by atoms with Crippen LogP contribution >= 0.6 is 15.9 Å². The Morgan fingerprint density at radius 2 is 1.90 bits per heavy atom. The lowest BCUT2D eigenvalue weighted by atomic mass is 9.92. The van der Waals surface area contributed by atoms with Gasteiger partial charge in [0.2, 0.25) is 0 Å². The summed E-state index contributed by atoms with van der Waals surface area (Å²) in [5.74, 6) is -0.170. The van der Waals surface area contributed by atoms with Gasteiger partial charge in [0.15, 0.2) is 0 Å². The third-order valence-electron chi connectivity index (χ3n) is 3.61. The zero-order valence-electron chi connectivity index (χ0n) is 11.4. The molecular weight excluding hydrogens is 349 g/mol. The summed E-state index contributed by atoms with van der Waals surface area (Å²) in [4.78, 5) is 0. The van der Waals surface area contributed by atoms with Gasteiger partial charge in [0, 0.05) is 28.7 Å². The summed E-state index contributed by atoms with van der Waals surface area (Å²) in [5, 5.41) is 3.29. The van der Waals surface area contributed by atoms with Gasteiger partial charge in [-0.3, -0.25) is 0 Å². The first-order chi connectivity index (χ1) is 9.83. The zero-order chi connectivity index (χ0) is 15.5. The van der Waals surface area contributed by atoms with E-state index in [1.807, 2.05) is 0 Å². The van der Waals surface area contributed by atoms with E-state index >= 15 is 0 Å². The van der Waals surface area contributed by atoms with Crippen molar-refractivity contribution < 1.29 is 17.9 Å². The predicted octanol–water partition coefficient (Wildman–Crippen LogP) is 3.71. The minimum Gasteiger partial charge on any atom is -0.405 e. The fourth-order valence-corrected chi connectivity index (χ4v) is 2.81. The number of nitrogens with two attached hydrogens (primary N) is 1. The Hall–Kier alpha value is -0.790. The van der Waals surface area contributed by atoms with Crippen molar-refractivity contribution in [1.29, 1.82) is 0 Å². The van der Waals surface area contributed by atoms with Gasteiger partial charge in [0.1, 0.15) is 5.75 Å². The van der Waals surface area contributed by atoms with Gasteiger partial charge < -0.3 is 15.8 Å². The molecule has 7 heteroatoms. The van der Waals surface area contributed by atoms with E-state index in [2.05, 4.69) is 26.0 Å². The molecule has 0 atom stereocenters.